The highest BCUT2D eigenvalue weighted by atomic mass is 16.6. The van der Waals surface area contributed by atoms with Crippen LogP contribution in [0.3, 0.4) is 0 Å². The van der Waals surface area contributed by atoms with E-state index in [4.69, 9.17) is 18.9 Å². The average molecular weight is 689 g/mol. The molecule has 0 heterocycles. The molecule has 1 atom stereocenters. The summed E-state index contributed by atoms with van der Waals surface area (Å²) in [6, 6.07) is 8.57. The summed E-state index contributed by atoms with van der Waals surface area (Å²) in [6.45, 7) is 26.1. The molecular formula is C39H60O10. The minimum Gasteiger partial charge on any atom is -0.504 e. The molecule has 2 rings (SSSR count). The van der Waals surface area contributed by atoms with Crippen molar-refractivity contribution in [3.05, 3.63) is 47.5 Å². The minimum atomic E-state index is -1.10. The number of hydrogen-bond acceptors (Lipinski definition) is 10. The third kappa shape index (κ3) is 11.1. The number of Topliss-reactive ketones (excluding diaryl/α,β-unsaturated/α-hetero) is 1. The van der Waals surface area contributed by atoms with Crippen molar-refractivity contribution in [3.8, 4) is 23.0 Å². The molecule has 276 valence electrons. The van der Waals surface area contributed by atoms with E-state index in [0.717, 1.165) is 0 Å². The van der Waals surface area contributed by atoms with Gasteiger partial charge in [-0.2, -0.15) is 0 Å². The maximum Gasteiger partial charge on any atom is 0.310 e. The highest BCUT2D eigenvalue weighted by Gasteiger charge is 2.48. The van der Waals surface area contributed by atoms with E-state index in [1.165, 1.54) is 24.3 Å². The number of ether oxygens (including phenoxy) is 4. The molecule has 0 bridgehead atoms. The minimum absolute atomic E-state index is 0.0400. The summed E-state index contributed by atoms with van der Waals surface area (Å²) in [6.07, 6.45) is 0.196. The summed E-state index contributed by atoms with van der Waals surface area (Å²) >= 11 is 0. The van der Waals surface area contributed by atoms with Crippen LogP contribution in [-0.2, 0) is 41.4 Å². The van der Waals surface area contributed by atoms with Gasteiger partial charge < -0.3 is 39.4 Å². The predicted octanol–water partition coefficient (Wildman–Crippen LogP) is 7.40. The number of carbonyl (C=O) groups excluding carboxylic acids is 2. The van der Waals surface area contributed by atoms with E-state index in [-0.39, 0.29) is 54.3 Å². The maximum absolute atomic E-state index is 13.2. The van der Waals surface area contributed by atoms with Crippen LogP contribution >= 0.6 is 0 Å². The summed E-state index contributed by atoms with van der Waals surface area (Å²) in [5.74, 6) is -1.65. The van der Waals surface area contributed by atoms with Gasteiger partial charge in [-0.05, 0) is 97.7 Å². The van der Waals surface area contributed by atoms with Crippen molar-refractivity contribution in [1.82, 2.24) is 0 Å². The lowest BCUT2D eigenvalue weighted by atomic mass is 9.71. The number of phenols is 4. The van der Waals surface area contributed by atoms with Crippen LogP contribution in [0.25, 0.3) is 0 Å². The summed E-state index contributed by atoms with van der Waals surface area (Å²) in [5.41, 5.74) is -3.07. The first-order valence-corrected chi connectivity index (χ1v) is 16.8. The van der Waals surface area contributed by atoms with Gasteiger partial charge in [0.15, 0.2) is 28.8 Å². The van der Waals surface area contributed by atoms with Gasteiger partial charge in [-0.15, -0.1) is 0 Å². The lowest BCUT2D eigenvalue weighted by Gasteiger charge is -2.50. The van der Waals surface area contributed by atoms with Gasteiger partial charge in [0.25, 0.3) is 0 Å². The molecule has 0 amide bonds. The quantitative estimate of drug-likeness (QED) is 0.0921. The van der Waals surface area contributed by atoms with Gasteiger partial charge in [0.2, 0.25) is 0 Å². The number of rotatable bonds is 18. The second-order valence-corrected chi connectivity index (χ2v) is 16.4. The molecule has 2 aromatic rings. The molecule has 0 fully saturated rings. The number of ketones is 1. The zero-order valence-corrected chi connectivity index (χ0v) is 31.8. The molecule has 10 heteroatoms. The van der Waals surface area contributed by atoms with Crippen LogP contribution in [0.1, 0.15) is 108 Å². The average Bonchev–Trinajstić information content (AvgIpc) is 2.95. The van der Waals surface area contributed by atoms with Crippen LogP contribution < -0.4 is 0 Å². The number of benzene rings is 2. The van der Waals surface area contributed by atoms with E-state index in [0.29, 0.717) is 24.2 Å². The van der Waals surface area contributed by atoms with Crippen LogP contribution in [-0.4, -0.2) is 73.9 Å². The van der Waals surface area contributed by atoms with Gasteiger partial charge in [-0.3, -0.25) is 9.59 Å². The van der Waals surface area contributed by atoms with Crippen LogP contribution in [0.4, 0.5) is 0 Å². The normalized spacial score (nSPS) is 14.1. The predicted molar refractivity (Wildman–Crippen MR) is 189 cm³/mol. The third-order valence-corrected chi connectivity index (χ3v) is 10.5. The Morgan fingerprint density at radius 3 is 1.65 bits per heavy atom. The van der Waals surface area contributed by atoms with E-state index < -0.39 is 39.2 Å². The molecule has 0 spiro atoms. The van der Waals surface area contributed by atoms with Gasteiger partial charge in [-0.1, -0.05) is 39.8 Å². The Bertz CT molecular complexity index is 1450. The standard InChI is InChI=1S/C39H60O10/c1-25(48-38(10,11)34(2,3)24-47-37(8,9)32(44)22-26-14-16-28(40)30(42)20-26)36(6,7)39(12,13)46-19-18-35(4,5)49-33(45)23-27-15-17-29(41)31(43)21-27/h14-17,20-21,25,40-43H,18-19,22-24H2,1-13H3. The molecule has 0 saturated carbocycles. The highest BCUT2D eigenvalue weighted by molar-refractivity contribution is 5.88. The number of phenolic OH excluding ortho intramolecular Hbond substituents is 4. The number of hydrogen-bond donors (Lipinski definition) is 4. The fourth-order valence-electron chi connectivity index (χ4n) is 4.91. The number of carbonyl (C=O) groups is 2. The van der Waals surface area contributed by atoms with Crippen LogP contribution in [0, 0.1) is 10.8 Å². The van der Waals surface area contributed by atoms with E-state index in [1.54, 1.807) is 26.0 Å². The van der Waals surface area contributed by atoms with Crippen LogP contribution in [0.2, 0.25) is 0 Å². The maximum atomic E-state index is 13.2. The fourth-order valence-corrected chi connectivity index (χ4v) is 4.91. The Kier molecular flexibility index (Phi) is 13.0. The van der Waals surface area contributed by atoms with Crippen molar-refractivity contribution in [2.75, 3.05) is 13.2 Å². The van der Waals surface area contributed by atoms with Crippen LogP contribution in [0.5, 0.6) is 23.0 Å². The highest BCUT2D eigenvalue weighted by Crippen LogP contribution is 2.44. The zero-order valence-electron chi connectivity index (χ0n) is 31.8. The van der Waals surface area contributed by atoms with Gasteiger partial charge in [-0.25, -0.2) is 0 Å². The van der Waals surface area contributed by atoms with E-state index in [1.807, 2.05) is 62.3 Å². The summed E-state index contributed by atoms with van der Waals surface area (Å²) in [4.78, 5) is 25.8. The smallest absolute Gasteiger partial charge is 0.310 e. The summed E-state index contributed by atoms with van der Waals surface area (Å²) in [5, 5.41) is 38.6. The molecule has 4 N–H and O–H groups in total. The number of aromatic hydroxyl groups is 4. The van der Waals surface area contributed by atoms with Gasteiger partial charge in [0.1, 0.15) is 11.2 Å². The Labute approximate surface area is 292 Å². The zero-order chi connectivity index (χ0) is 37.8. The number of esters is 1. The molecule has 10 nitrogen and oxygen atoms in total. The first kappa shape index (κ1) is 41.8. The first-order chi connectivity index (χ1) is 22.1. The molecule has 2 aromatic carbocycles. The van der Waals surface area contributed by atoms with Crippen molar-refractivity contribution < 1.29 is 49.0 Å². The molecule has 0 aliphatic rings. The lowest BCUT2D eigenvalue weighted by Crippen LogP contribution is -2.55. The van der Waals surface area contributed by atoms with E-state index in [2.05, 4.69) is 13.8 Å². The SMILES string of the molecule is CC(OC(C)(C)C(C)(C)COC(C)(C)C(=O)Cc1ccc(O)c(O)c1)C(C)(C)C(C)(C)OCCC(C)(C)OC(=O)Cc1ccc(O)c(O)c1. The molecule has 0 aromatic heterocycles. The lowest BCUT2D eigenvalue weighted by molar-refractivity contribution is -0.221. The van der Waals surface area contributed by atoms with Crippen molar-refractivity contribution in [1.29, 1.82) is 0 Å². The molecule has 0 aliphatic heterocycles. The van der Waals surface area contributed by atoms with Crippen molar-refractivity contribution >= 4 is 11.8 Å². The molecule has 0 radical (unpaired) electrons. The van der Waals surface area contributed by atoms with Crippen molar-refractivity contribution in [2.24, 2.45) is 10.8 Å². The van der Waals surface area contributed by atoms with Gasteiger partial charge in [0, 0.05) is 23.7 Å². The Hall–Kier alpha value is -3.34. The first-order valence-electron chi connectivity index (χ1n) is 16.8. The van der Waals surface area contributed by atoms with Gasteiger partial charge in [0.05, 0.1) is 36.9 Å². The monoisotopic (exact) mass is 688 g/mol. The van der Waals surface area contributed by atoms with Crippen LogP contribution in [0.15, 0.2) is 36.4 Å². The summed E-state index contributed by atoms with van der Waals surface area (Å²) in [7, 11) is 0. The van der Waals surface area contributed by atoms with Crippen molar-refractivity contribution in [2.45, 2.75) is 138 Å². The molecule has 1 unspecified atom stereocenters. The molecule has 0 aliphatic carbocycles. The Balaban J connectivity index is 1.97. The molecular weight excluding hydrogens is 628 g/mol. The second kappa shape index (κ2) is 15.3. The van der Waals surface area contributed by atoms with Gasteiger partial charge >= 0.3 is 5.97 Å². The largest absolute Gasteiger partial charge is 0.504 e. The van der Waals surface area contributed by atoms with E-state index >= 15 is 0 Å². The second-order valence-electron chi connectivity index (χ2n) is 16.4. The van der Waals surface area contributed by atoms with E-state index in [9.17, 15) is 30.0 Å². The summed E-state index contributed by atoms with van der Waals surface area (Å²) < 4.78 is 25.2. The molecule has 0 saturated heterocycles. The topological polar surface area (TPSA) is 152 Å². The fraction of sp³-hybridized carbons (Fsp3) is 0.641. The Morgan fingerprint density at radius 1 is 0.673 bits per heavy atom. The third-order valence-electron chi connectivity index (χ3n) is 10.5. The molecule has 49 heavy (non-hydrogen) atoms. The van der Waals surface area contributed by atoms with Crippen molar-refractivity contribution in [3.63, 3.8) is 0 Å². The Morgan fingerprint density at radius 2 is 1.16 bits per heavy atom.